The van der Waals surface area contributed by atoms with E-state index < -0.39 is 126 Å². The van der Waals surface area contributed by atoms with Gasteiger partial charge in [0, 0.05) is 24.8 Å². The minimum absolute atomic E-state index is 0.143. The lowest BCUT2D eigenvalue weighted by Gasteiger charge is -2.45. The molecule has 34 heteroatoms. The smallest absolute Gasteiger partial charge is 0.314 e. The summed E-state index contributed by atoms with van der Waals surface area (Å²) in [6.07, 6.45) is 4.84. The van der Waals surface area contributed by atoms with E-state index in [1.54, 1.807) is 0 Å². The van der Waals surface area contributed by atoms with Gasteiger partial charge in [-0.2, -0.15) is 0 Å². The second-order valence-corrected chi connectivity index (χ2v) is 80.2. The molecule has 0 unspecified atom stereocenters. The molecule has 0 radical (unpaired) electrons. The van der Waals surface area contributed by atoms with Crippen LogP contribution in [-0.4, -0.2) is 149 Å². The number of benzene rings is 2. The van der Waals surface area contributed by atoms with E-state index in [0.29, 0.717) is 24.6 Å². The van der Waals surface area contributed by atoms with E-state index in [1.807, 2.05) is 24.3 Å². The van der Waals surface area contributed by atoms with Gasteiger partial charge in [-0.25, -0.2) is 13.1 Å². The zero-order valence-electron chi connectivity index (χ0n) is 59.5. The highest BCUT2D eigenvalue weighted by atomic mass is 32.2. The van der Waals surface area contributed by atoms with E-state index in [9.17, 15) is 18.5 Å². The van der Waals surface area contributed by atoms with Gasteiger partial charge in [0.05, 0.1) is 9.82 Å². The molecule has 0 aliphatic carbocycles. The van der Waals surface area contributed by atoms with E-state index in [1.165, 1.54) is 18.6 Å². The number of hydrogen-bond acceptors (Lipinski definition) is 18. The summed E-state index contributed by atoms with van der Waals surface area (Å²) in [6.45, 7) is 63.1. The Kier molecular flexibility index (Phi) is 30.6. The molecule has 0 heterocycles. The van der Waals surface area contributed by atoms with Crippen LogP contribution in [0.15, 0.2) is 47.4 Å². The van der Waals surface area contributed by atoms with E-state index in [2.05, 4.69) is 213 Å². The number of rotatable bonds is 42. The quantitative estimate of drug-likeness (QED) is 0.0273. The first kappa shape index (κ1) is 82.9. The maximum atomic E-state index is 12.9. The number of nitrogens with one attached hydrogen (secondary N) is 2. The molecule has 0 aliphatic heterocycles. The van der Waals surface area contributed by atoms with Crippen LogP contribution < -0.4 is 10.0 Å². The van der Waals surface area contributed by atoms with Crippen molar-refractivity contribution in [2.75, 3.05) is 25.5 Å². The largest absolute Gasteiger partial charge is 0.436 e. The molecule has 2 aromatic rings. The highest BCUT2D eigenvalue weighted by molar-refractivity contribution is 7.89. The average molecular weight is 1470 g/mol. The van der Waals surface area contributed by atoms with Crippen molar-refractivity contribution in [1.29, 1.82) is 0 Å². The minimum Gasteiger partial charge on any atom is -0.436 e. The van der Waals surface area contributed by atoms with Gasteiger partial charge in [0.1, 0.15) is 5.69 Å². The minimum atomic E-state index is -3.90. The lowest BCUT2D eigenvalue weighted by Crippen LogP contribution is -2.63. The van der Waals surface area contributed by atoms with E-state index in [-0.39, 0.29) is 22.8 Å². The van der Waals surface area contributed by atoms with Gasteiger partial charge < -0.3 is 59.6 Å². The number of unbranched alkanes of at least 4 members (excludes halogenated alkanes) is 1. The van der Waals surface area contributed by atoms with Crippen molar-refractivity contribution in [2.45, 2.75) is 247 Å². The third-order valence-corrected chi connectivity index (χ3v) is 65.1. The van der Waals surface area contributed by atoms with Gasteiger partial charge in [-0.05, 0) is 251 Å². The monoisotopic (exact) mass is 1460 g/mol. The average Bonchev–Trinajstić information content (AvgIpc) is 1.19. The number of hydrogen-bond donors (Lipinski definition) is 2. The van der Waals surface area contributed by atoms with E-state index in [4.69, 9.17) is 49.4 Å². The Hall–Kier alpha value is -0.151. The van der Waals surface area contributed by atoms with Crippen LogP contribution in [0, 0.1) is 16.0 Å². The second kappa shape index (κ2) is 32.1. The van der Waals surface area contributed by atoms with Crippen LogP contribution >= 0.6 is 0 Å². The van der Waals surface area contributed by atoms with Crippen molar-refractivity contribution in [3.05, 3.63) is 58.1 Å². The molecular formula is C53H120N4O16SSi13. The molecule has 2 rings (SSSR count). The first-order valence-electron chi connectivity index (χ1n) is 31.1. The zero-order valence-corrected chi connectivity index (χ0v) is 73.3. The Bertz CT molecular complexity index is 2620. The van der Waals surface area contributed by atoms with E-state index in [0.717, 1.165) is 49.5 Å². The first-order chi connectivity index (χ1) is 38.8. The SMILES string of the molecule is CCCC[Si](C)(C)O[Si](C)(C)O[Si](C)(C)O[Si](C)(C)O[Si](C)(C)O[Si](C)(C)O[Si](C)(C)O[Si](C)(C)O[Si](C)(C)O[Si](C)(C)O[Si](C)(C)O[Si](C)(C)O[Si](C)(C)CCCN(C)Cc1ccc(Nc2ccc(S(=O)(=O)NCCCC(C)C)cc2[N+](=O)[O-])cc1. The molecule has 506 valence electrons. The predicted octanol–water partition coefficient (Wildman–Crippen LogP) is 16.0. The Morgan fingerprint density at radius 1 is 0.494 bits per heavy atom. The number of nitro groups is 1. The van der Waals surface area contributed by atoms with Crippen molar-refractivity contribution in [3.8, 4) is 0 Å². The summed E-state index contributed by atoms with van der Waals surface area (Å²) in [4.78, 5) is 13.6. The number of anilines is 2. The van der Waals surface area contributed by atoms with Crippen LogP contribution in [-0.2, 0) is 65.9 Å². The highest BCUT2D eigenvalue weighted by Gasteiger charge is 2.52. The summed E-state index contributed by atoms with van der Waals surface area (Å²) >= 11 is 0. The Balaban J connectivity index is 1.97. The van der Waals surface area contributed by atoms with Crippen LogP contribution in [0.25, 0.3) is 0 Å². The lowest BCUT2D eigenvalue weighted by molar-refractivity contribution is -0.384. The maximum Gasteiger partial charge on any atom is 0.314 e. The molecule has 0 saturated heterocycles. The highest BCUT2D eigenvalue weighted by Crippen LogP contribution is 2.35. The van der Waals surface area contributed by atoms with Crippen LogP contribution in [0.4, 0.5) is 17.1 Å². The van der Waals surface area contributed by atoms with Gasteiger partial charge in [0.15, 0.2) is 16.6 Å². The topological polar surface area (TPSA) is 215 Å². The normalized spacial score (nSPS) is 14.6. The maximum absolute atomic E-state index is 12.9. The molecule has 2 aromatic carbocycles. The third kappa shape index (κ3) is 34.2. The summed E-state index contributed by atoms with van der Waals surface area (Å²) < 4.78 is 111. The fourth-order valence-corrected chi connectivity index (χ4v) is 80.0. The molecule has 0 aliphatic rings. The van der Waals surface area contributed by atoms with Crippen molar-refractivity contribution >= 4 is 138 Å². The molecule has 0 bridgehead atoms. The third-order valence-electron chi connectivity index (χ3n) is 12.8. The van der Waals surface area contributed by atoms with Crippen molar-refractivity contribution in [3.63, 3.8) is 0 Å². The van der Waals surface area contributed by atoms with Gasteiger partial charge in [0.25, 0.3) is 5.69 Å². The van der Waals surface area contributed by atoms with Gasteiger partial charge >= 0.3 is 94.2 Å². The molecule has 0 aromatic heterocycles. The molecule has 87 heavy (non-hydrogen) atoms. The van der Waals surface area contributed by atoms with Crippen LogP contribution in [0.1, 0.15) is 58.4 Å². The predicted molar refractivity (Wildman–Crippen MR) is 388 cm³/mol. The molecule has 0 amide bonds. The second-order valence-electron chi connectivity index (χ2n) is 29.8. The number of nitrogens with zero attached hydrogens (tertiary/aromatic N) is 2. The zero-order chi connectivity index (χ0) is 67.5. The number of nitro benzene ring substituents is 1. The molecule has 0 atom stereocenters. The molecule has 20 nitrogen and oxygen atoms in total. The van der Waals surface area contributed by atoms with Gasteiger partial charge in [-0.1, -0.05) is 45.7 Å². The Morgan fingerprint density at radius 3 is 1.15 bits per heavy atom. The number of sulfonamides is 1. The van der Waals surface area contributed by atoms with Crippen molar-refractivity contribution in [2.24, 2.45) is 5.92 Å². The molecular weight excluding hydrogens is 1350 g/mol. The Morgan fingerprint density at radius 2 is 0.828 bits per heavy atom. The lowest BCUT2D eigenvalue weighted by atomic mass is 10.1. The van der Waals surface area contributed by atoms with Crippen LogP contribution in [0.2, 0.25) is 182 Å². The van der Waals surface area contributed by atoms with Gasteiger partial charge in [-0.3, -0.25) is 10.1 Å². The van der Waals surface area contributed by atoms with Crippen LogP contribution in [0.3, 0.4) is 0 Å². The fourth-order valence-electron chi connectivity index (χ4n) is 11.9. The standard InChI is InChI=1S/C53H120N4O16SSi13/c1-31-32-44-75(5,6)62-77(9,10)64-79(13,14)66-81(17,18)68-83(21,22)70-85(25,26)72-87(29,30)73-86(27,28)71-84(23,24)69-82(19,20)67-80(15,16)65-78(11,12)63-76(7,8)45-34-43-56(4)47-49-36-38-50(39-37-49)55-52-41-40-51(46-53(52)57(58)59)74(60,61)54-42-33-35-48(2)3/h36-41,46,48,54-55H,31-35,42-45,47H2,1-30H3. The van der Waals surface area contributed by atoms with E-state index >= 15 is 0 Å². The summed E-state index contributed by atoms with van der Waals surface area (Å²) in [6, 6.07) is 13.7. The summed E-state index contributed by atoms with van der Waals surface area (Å²) in [5.41, 5.74) is 1.62. The first-order valence-corrected chi connectivity index (χ1v) is 69.7. The molecule has 0 saturated carbocycles. The van der Waals surface area contributed by atoms with Crippen molar-refractivity contribution < 1.29 is 62.7 Å². The van der Waals surface area contributed by atoms with Gasteiger partial charge in [0.2, 0.25) is 10.0 Å². The van der Waals surface area contributed by atoms with Crippen LogP contribution in [0.5, 0.6) is 0 Å². The van der Waals surface area contributed by atoms with Gasteiger partial charge in [-0.15, -0.1) is 0 Å². The molecule has 0 fully saturated rings. The Labute approximate surface area is 542 Å². The summed E-state index contributed by atoms with van der Waals surface area (Å²) in [5, 5.41) is 15.2. The van der Waals surface area contributed by atoms with Crippen molar-refractivity contribution in [1.82, 2.24) is 9.62 Å². The summed E-state index contributed by atoms with van der Waals surface area (Å²) in [7, 11) is -36.0. The fraction of sp³-hybridized carbons (Fsp3) is 0.774. The molecule has 0 spiro atoms. The molecule has 2 N–H and O–H groups in total. The summed E-state index contributed by atoms with van der Waals surface area (Å²) in [5.74, 6) is 0.448.